The lowest BCUT2D eigenvalue weighted by atomic mass is 9.93. The SMILES string of the molecule is c1ccc(-c2ccc(N(c3ccccc3)c3ccc4c(c3)sc3cc(N(c5ccccc5)c5ccccc5)ccc34)cc2-c2ccccc2)cc1. The lowest BCUT2D eigenvalue weighted by Crippen LogP contribution is -2.10. The highest BCUT2D eigenvalue weighted by Crippen LogP contribution is 2.45. The van der Waals surface area contributed by atoms with Crippen LogP contribution in [-0.4, -0.2) is 0 Å². The fourth-order valence-corrected chi connectivity index (χ4v) is 8.23. The van der Waals surface area contributed by atoms with Crippen molar-refractivity contribution in [2.45, 2.75) is 0 Å². The molecule has 51 heavy (non-hydrogen) atoms. The second-order valence-corrected chi connectivity index (χ2v) is 13.7. The summed E-state index contributed by atoms with van der Waals surface area (Å²) in [5.74, 6) is 0. The average Bonchev–Trinajstić information content (AvgIpc) is 3.57. The van der Waals surface area contributed by atoms with E-state index in [0.717, 1.165) is 34.1 Å². The summed E-state index contributed by atoms with van der Waals surface area (Å²) in [6, 6.07) is 73.9. The van der Waals surface area contributed by atoms with E-state index in [4.69, 9.17) is 0 Å². The monoisotopic (exact) mass is 670 g/mol. The van der Waals surface area contributed by atoms with Crippen molar-refractivity contribution >= 4 is 65.6 Å². The summed E-state index contributed by atoms with van der Waals surface area (Å²) in [4.78, 5) is 4.71. The van der Waals surface area contributed by atoms with E-state index >= 15 is 0 Å². The maximum atomic E-state index is 2.38. The van der Waals surface area contributed by atoms with Gasteiger partial charge < -0.3 is 9.80 Å². The van der Waals surface area contributed by atoms with Gasteiger partial charge in [-0.1, -0.05) is 133 Å². The van der Waals surface area contributed by atoms with Gasteiger partial charge in [-0.2, -0.15) is 0 Å². The minimum Gasteiger partial charge on any atom is -0.310 e. The van der Waals surface area contributed by atoms with Crippen LogP contribution in [0.2, 0.25) is 0 Å². The highest BCUT2D eigenvalue weighted by atomic mass is 32.1. The Labute approximate surface area is 302 Å². The molecule has 0 fully saturated rings. The van der Waals surface area contributed by atoms with Gasteiger partial charge in [-0.25, -0.2) is 0 Å². The molecular formula is C48H34N2S. The Morgan fingerprint density at radius 2 is 0.627 bits per heavy atom. The van der Waals surface area contributed by atoms with Crippen LogP contribution in [0.3, 0.4) is 0 Å². The zero-order valence-corrected chi connectivity index (χ0v) is 28.7. The molecule has 0 unspecified atom stereocenters. The molecule has 0 aliphatic heterocycles. The van der Waals surface area contributed by atoms with Crippen molar-refractivity contribution in [3.8, 4) is 22.3 Å². The van der Waals surface area contributed by atoms with Gasteiger partial charge in [0.25, 0.3) is 0 Å². The summed E-state index contributed by atoms with van der Waals surface area (Å²) in [7, 11) is 0. The summed E-state index contributed by atoms with van der Waals surface area (Å²) < 4.78 is 2.53. The van der Waals surface area contributed by atoms with E-state index in [1.165, 1.54) is 42.4 Å². The largest absolute Gasteiger partial charge is 0.310 e. The second kappa shape index (κ2) is 13.5. The Morgan fingerprint density at radius 3 is 1.08 bits per heavy atom. The highest BCUT2D eigenvalue weighted by Gasteiger charge is 2.19. The van der Waals surface area contributed by atoms with Crippen molar-refractivity contribution in [1.29, 1.82) is 0 Å². The van der Waals surface area contributed by atoms with E-state index in [1.807, 2.05) is 11.3 Å². The number of para-hydroxylation sites is 3. The molecule has 0 radical (unpaired) electrons. The standard InChI is InChI=1S/C48H34N2S/c1-6-16-35(17-7-1)43-29-26-40(32-46(43)36-18-8-2-9-19-36)50(39-24-14-5-15-25-39)42-28-31-45-44-30-27-41(33-47(44)51-48(45)34-42)49(37-20-10-3-11-21-37)38-22-12-4-13-23-38/h1-34H. The van der Waals surface area contributed by atoms with Crippen molar-refractivity contribution in [3.05, 3.63) is 206 Å². The molecule has 2 nitrogen and oxygen atoms in total. The van der Waals surface area contributed by atoms with Gasteiger partial charge >= 0.3 is 0 Å². The van der Waals surface area contributed by atoms with Gasteiger partial charge in [0.15, 0.2) is 0 Å². The number of anilines is 6. The van der Waals surface area contributed by atoms with Crippen LogP contribution in [0.15, 0.2) is 206 Å². The Bertz CT molecular complexity index is 2530. The summed E-state index contributed by atoms with van der Waals surface area (Å²) in [6.45, 7) is 0. The summed E-state index contributed by atoms with van der Waals surface area (Å²) in [5, 5.41) is 2.55. The number of hydrogen-bond acceptors (Lipinski definition) is 3. The van der Waals surface area contributed by atoms with Gasteiger partial charge in [0.05, 0.1) is 0 Å². The molecule has 242 valence electrons. The maximum Gasteiger partial charge on any atom is 0.0476 e. The van der Waals surface area contributed by atoms with E-state index < -0.39 is 0 Å². The third-order valence-electron chi connectivity index (χ3n) is 9.43. The number of rotatable bonds is 8. The zero-order chi connectivity index (χ0) is 34.0. The van der Waals surface area contributed by atoms with Gasteiger partial charge in [0.1, 0.15) is 0 Å². The third-order valence-corrected chi connectivity index (χ3v) is 10.5. The molecule has 9 aromatic rings. The van der Waals surface area contributed by atoms with Crippen LogP contribution in [0, 0.1) is 0 Å². The average molecular weight is 671 g/mol. The van der Waals surface area contributed by atoms with Crippen LogP contribution in [0.25, 0.3) is 42.4 Å². The Hall–Kier alpha value is -6.42. The first kappa shape index (κ1) is 30.6. The van der Waals surface area contributed by atoms with Gasteiger partial charge in [0, 0.05) is 54.3 Å². The molecule has 0 N–H and O–H groups in total. The minimum absolute atomic E-state index is 1.11. The number of hydrogen-bond donors (Lipinski definition) is 0. The zero-order valence-electron chi connectivity index (χ0n) is 27.9. The first-order chi connectivity index (χ1) is 25.3. The smallest absolute Gasteiger partial charge is 0.0476 e. The topological polar surface area (TPSA) is 6.48 Å². The van der Waals surface area contributed by atoms with Crippen molar-refractivity contribution in [3.63, 3.8) is 0 Å². The Balaban J connectivity index is 1.17. The molecule has 0 aliphatic carbocycles. The summed E-state index contributed by atoms with van der Waals surface area (Å²) in [6.07, 6.45) is 0. The van der Waals surface area contributed by atoms with Crippen molar-refractivity contribution in [2.75, 3.05) is 9.80 Å². The van der Waals surface area contributed by atoms with Crippen molar-refractivity contribution in [2.24, 2.45) is 0 Å². The maximum absolute atomic E-state index is 2.38. The predicted molar refractivity (Wildman–Crippen MR) is 220 cm³/mol. The van der Waals surface area contributed by atoms with E-state index in [1.54, 1.807) is 0 Å². The van der Waals surface area contributed by atoms with Crippen LogP contribution in [0.4, 0.5) is 34.1 Å². The number of nitrogens with zero attached hydrogens (tertiary/aromatic N) is 2. The van der Waals surface area contributed by atoms with Gasteiger partial charge in [-0.3, -0.25) is 0 Å². The molecule has 1 aromatic heterocycles. The Morgan fingerprint density at radius 1 is 0.275 bits per heavy atom. The molecule has 0 aliphatic rings. The lowest BCUT2D eigenvalue weighted by molar-refractivity contribution is 1.29. The predicted octanol–water partition coefficient (Wildman–Crippen LogP) is 14.3. The fourth-order valence-electron chi connectivity index (χ4n) is 7.06. The van der Waals surface area contributed by atoms with Gasteiger partial charge in [0.2, 0.25) is 0 Å². The molecule has 8 aromatic carbocycles. The quantitative estimate of drug-likeness (QED) is 0.159. The first-order valence-electron chi connectivity index (χ1n) is 17.3. The molecule has 0 bridgehead atoms. The van der Waals surface area contributed by atoms with Gasteiger partial charge in [-0.15, -0.1) is 11.3 Å². The minimum atomic E-state index is 1.11. The third kappa shape index (κ3) is 5.94. The molecule has 0 saturated heterocycles. The van der Waals surface area contributed by atoms with Crippen LogP contribution in [-0.2, 0) is 0 Å². The highest BCUT2D eigenvalue weighted by molar-refractivity contribution is 7.25. The van der Waals surface area contributed by atoms with E-state index in [-0.39, 0.29) is 0 Å². The normalized spacial score (nSPS) is 11.1. The lowest BCUT2D eigenvalue weighted by Gasteiger charge is -2.27. The van der Waals surface area contributed by atoms with Crippen LogP contribution >= 0.6 is 11.3 Å². The molecule has 9 rings (SSSR count). The number of thiophene rings is 1. The molecule has 1 heterocycles. The van der Waals surface area contributed by atoms with Crippen LogP contribution in [0.1, 0.15) is 0 Å². The molecular weight excluding hydrogens is 637 g/mol. The van der Waals surface area contributed by atoms with Crippen molar-refractivity contribution < 1.29 is 0 Å². The fraction of sp³-hybridized carbons (Fsp3) is 0. The molecule has 0 saturated carbocycles. The second-order valence-electron chi connectivity index (χ2n) is 12.6. The summed E-state index contributed by atoms with van der Waals surface area (Å²) in [5.41, 5.74) is 11.6. The molecule has 0 amide bonds. The van der Waals surface area contributed by atoms with Crippen LogP contribution in [0.5, 0.6) is 0 Å². The Kier molecular flexibility index (Phi) is 8.09. The van der Waals surface area contributed by atoms with E-state index in [9.17, 15) is 0 Å². The first-order valence-corrected chi connectivity index (χ1v) is 18.1. The van der Waals surface area contributed by atoms with Crippen molar-refractivity contribution in [1.82, 2.24) is 0 Å². The van der Waals surface area contributed by atoms with Crippen LogP contribution < -0.4 is 9.80 Å². The van der Waals surface area contributed by atoms with E-state index in [2.05, 4.69) is 216 Å². The summed E-state index contributed by atoms with van der Waals surface area (Å²) >= 11 is 1.85. The number of benzene rings is 8. The van der Waals surface area contributed by atoms with Gasteiger partial charge in [-0.05, 0) is 95.1 Å². The number of fused-ring (bicyclic) bond motifs is 3. The molecule has 3 heteroatoms. The molecule has 0 spiro atoms. The van der Waals surface area contributed by atoms with E-state index in [0.29, 0.717) is 0 Å². The molecule has 0 atom stereocenters.